The smallest absolute Gasteiger partial charge is 0.337 e. The van der Waals surface area contributed by atoms with Gasteiger partial charge < -0.3 is 10.4 Å². The van der Waals surface area contributed by atoms with Gasteiger partial charge in [-0.2, -0.15) is 0 Å². The van der Waals surface area contributed by atoms with Crippen LogP contribution < -0.4 is 5.32 Å². The van der Waals surface area contributed by atoms with E-state index in [0.29, 0.717) is 11.3 Å². The van der Waals surface area contributed by atoms with Crippen LogP contribution in [0.4, 0.5) is 14.5 Å². The van der Waals surface area contributed by atoms with Crippen molar-refractivity contribution in [3.05, 3.63) is 88.9 Å². The van der Waals surface area contributed by atoms with Crippen molar-refractivity contribution in [2.24, 2.45) is 0 Å². The van der Waals surface area contributed by atoms with E-state index >= 15 is 0 Å². The topological polar surface area (TPSA) is 75.1 Å². The normalized spacial score (nSPS) is 12.2. The first kappa shape index (κ1) is 22.3. The Morgan fingerprint density at radius 2 is 1.82 bits per heavy atom. The molecular formula is C26H23F2N3O2. The number of anilines is 1. The summed E-state index contributed by atoms with van der Waals surface area (Å²) >= 11 is 0. The Morgan fingerprint density at radius 1 is 1.06 bits per heavy atom. The Kier molecular flexibility index (Phi) is 6.05. The third-order valence-electron chi connectivity index (χ3n) is 5.62. The number of benzene rings is 2. The van der Waals surface area contributed by atoms with Gasteiger partial charge >= 0.3 is 5.97 Å². The van der Waals surface area contributed by atoms with Gasteiger partial charge in [0.05, 0.1) is 11.1 Å². The molecule has 0 aliphatic rings. The van der Waals surface area contributed by atoms with Crippen LogP contribution in [0.2, 0.25) is 0 Å². The number of hydrogen-bond acceptors (Lipinski definition) is 4. The minimum atomic E-state index is -2.62. The zero-order valence-corrected chi connectivity index (χ0v) is 18.4. The fourth-order valence-electron chi connectivity index (χ4n) is 4.00. The molecule has 0 unspecified atom stereocenters. The Bertz CT molecular complexity index is 1340. The van der Waals surface area contributed by atoms with Crippen LogP contribution in [0.3, 0.4) is 0 Å². The molecule has 168 valence electrons. The number of carboxylic acid groups (broad SMARTS) is 1. The average Bonchev–Trinajstić information content (AvgIpc) is 2.78. The maximum absolute atomic E-state index is 12.9. The first-order valence-corrected chi connectivity index (χ1v) is 10.5. The molecule has 2 N–H and O–H groups in total. The van der Waals surface area contributed by atoms with Crippen molar-refractivity contribution >= 4 is 22.6 Å². The molecule has 0 radical (unpaired) electrons. The highest BCUT2D eigenvalue weighted by atomic mass is 19.3. The van der Waals surface area contributed by atoms with Crippen molar-refractivity contribution in [2.75, 3.05) is 5.32 Å². The number of aromatic carboxylic acids is 1. The molecular weight excluding hydrogens is 424 g/mol. The molecule has 2 heterocycles. The number of carbonyl (C=O) groups is 1. The van der Waals surface area contributed by atoms with Crippen molar-refractivity contribution in [3.8, 4) is 11.1 Å². The van der Waals surface area contributed by atoms with Crippen molar-refractivity contribution < 1.29 is 18.7 Å². The van der Waals surface area contributed by atoms with Crippen molar-refractivity contribution in [1.82, 2.24) is 9.97 Å². The lowest BCUT2D eigenvalue weighted by atomic mass is 9.95. The number of nitrogens with one attached hydrogen (secondary N) is 1. The summed E-state index contributed by atoms with van der Waals surface area (Å²) in [6, 6.07) is 15.5. The fourth-order valence-corrected chi connectivity index (χ4v) is 4.00. The van der Waals surface area contributed by atoms with E-state index in [9.17, 15) is 18.7 Å². The molecule has 5 nitrogen and oxygen atoms in total. The SMILES string of the molecule is Cc1cc([C@@H](C)Nc2ccccc2C(=O)O)c2cc(-c3ccc(C(F)F)nc3)c(C)nc2c1. The summed E-state index contributed by atoms with van der Waals surface area (Å²) in [6.45, 7) is 5.83. The molecule has 1 atom stereocenters. The Hall–Kier alpha value is -3.87. The number of hydrogen-bond donors (Lipinski definition) is 2. The maximum atomic E-state index is 12.9. The van der Waals surface area contributed by atoms with Crippen LogP contribution in [0, 0.1) is 13.8 Å². The van der Waals surface area contributed by atoms with Crippen LogP contribution >= 0.6 is 0 Å². The summed E-state index contributed by atoms with van der Waals surface area (Å²) < 4.78 is 25.8. The van der Waals surface area contributed by atoms with Gasteiger partial charge in [-0.3, -0.25) is 9.97 Å². The summed E-state index contributed by atoms with van der Waals surface area (Å²) in [7, 11) is 0. The molecule has 0 aliphatic carbocycles. The van der Waals surface area contributed by atoms with E-state index in [0.717, 1.165) is 33.3 Å². The van der Waals surface area contributed by atoms with Gasteiger partial charge in [0.25, 0.3) is 6.43 Å². The van der Waals surface area contributed by atoms with E-state index in [1.807, 2.05) is 39.0 Å². The average molecular weight is 447 g/mol. The van der Waals surface area contributed by atoms with Gasteiger partial charge in [-0.1, -0.05) is 24.3 Å². The lowest BCUT2D eigenvalue weighted by Crippen LogP contribution is -2.11. The van der Waals surface area contributed by atoms with Gasteiger partial charge in [-0.25, -0.2) is 13.6 Å². The molecule has 4 aromatic rings. The van der Waals surface area contributed by atoms with Gasteiger partial charge in [0.15, 0.2) is 0 Å². The quantitative estimate of drug-likeness (QED) is 0.343. The number of carboxylic acids is 1. The largest absolute Gasteiger partial charge is 0.478 e. The molecule has 0 fully saturated rings. The lowest BCUT2D eigenvalue weighted by Gasteiger charge is -2.20. The van der Waals surface area contributed by atoms with E-state index in [-0.39, 0.29) is 17.3 Å². The predicted molar refractivity (Wildman–Crippen MR) is 125 cm³/mol. The highest BCUT2D eigenvalue weighted by molar-refractivity contribution is 5.94. The second kappa shape index (κ2) is 8.94. The Labute approximate surface area is 190 Å². The van der Waals surface area contributed by atoms with Crippen LogP contribution in [0.15, 0.2) is 60.8 Å². The molecule has 33 heavy (non-hydrogen) atoms. The van der Waals surface area contributed by atoms with Gasteiger partial charge in [0, 0.05) is 40.1 Å². The standard InChI is InChI=1S/C26H23F2N3O2/c1-14-10-20(16(3)30-22-7-5-4-6-18(22)26(32)33)21-12-19(15(2)31-24(21)11-14)17-8-9-23(25(27)28)29-13-17/h4-13,16,25,30H,1-3H3,(H,32,33)/t16-/m1/s1. The monoisotopic (exact) mass is 447 g/mol. The minimum absolute atomic E-state index is 0.196. The first-order chi connectivity index (χ1) is 15.7. The number of nitrogens with zero attached hydrogens (tertiary/aromatic N) is 2. The molecule has 0 aliphatic heterocycles. The van der Waals surface area contributed by atoms with Crippen molar-refractivity contribution in [2.45, 2.75) is 33.2 Å². The number of halogens is 2. The molecule has 0 saturated heterocycles. The lowest BCUT2D eigenvalue weighted by molar-refractivity contribution is 0.0698. The molecule has 2 aromatic heterocycles. The van der Waals surface area contributed by atoms with Crippen LogP contribution in [0.25, 0.3) is 22.0 Å². The summed E-state index contributed by atoms with van der Waals surface area (Å²) in [5, 5.41) is 13.7. The summed E-state index contributed by atoms with van der Waals surface area (Å²) in [6.07, 6.45) is -1.18. The number of para-hydroxylation sites is 1. The van der Waals surface area contributed by atoms with Gasteiger partial charge in [-0.15, -0.1) is 0 Å². The second-order valence-corrected chi connectivity index (χ2v) is 8.03. The summed E-state index contributed by atoms with van der Waals surface area (Å²) in [4.78, 5) is 20.3. The number of pyridine rings is 2. The van der Waals surface area contributed by atoms with Crippen LogP contribution in [0.5, 0.6) is 0 Å². The zero-order valence-electron chi connectivity index (χ0n) is 18.4. The molecule has 4 rings (SSSR count). The van der Waals surface area contributed by atoms with Crippen molar-refractivity contribution in [1.29, 1.82) is 0 Å². The fraction of sp³-hybridized carbons (Fsp3) is 0.192. The van der Waals surface area contributed by atoms with E-state index < -0.39 is 12.4 Å². The number of aromatic nitrogens is 2. The molecule has 0 bridgehead atoms. The maximum Gasteiger partial charge on any atom is 0.337 e. The number of alkyl halides is 2. The van der Waals surface area contributed by atoms with Gasteiger partial charge in [0.2, 0.25) is 0 Å². The molecule has 7 heteroatoms. The number of aryl methyl sites for hydroxylation is 2. The third-order valence-corrected chi connectivity index (χ3v) is 5.62. The highest BCUT2D eigenvalue weighted by Gasteiger charge is 2.17. The Morgan fingerprint density at radius 3 is 2.48 bits per heavy atom. The van der Waals surface area contributed by atoms with E-state index in [1.54, 1.807) is 30.3 Å². The Balaban J connectivity index is 1.80. The first-order valence-electron chi connectivity index (χ1n) is 10.5. The second-order valence-electron chi connectivity index (χ2n) is 8.03. The molecule has 0 spiro atoms. The van der Waals surface area contributed by atoms with E-state index in [1.165, 1.54) is 12.3 Å². The summed E-state index contributed by atoms with van der Waals surface area (Å²) in [5.74, 6) is -1.00. The molecule has 0 amide bonds. The van der Waals surface area contributed by atoms with Crippen LogP contribution in [-0.4, -0.2) is 21.0 Å². The zero-order chi connectivity index (χ0) is 23.7. The van der Waals surface area contributed by atoms with Crippen molar-refractivity contribution in [3.63, 3.8) is 0 Å². The van der Waals surface area contributed by atoms with E-state index in [4.69, 9.17) is 4.98 Å². The molecule has 2 aromatic carbocycles. The van der Waals surface area contributed by atoms with E-state index in [2.05, 4.69) is 10.3 Å². The summed E-state index contributed by atoms with van der Waals surface area (Å²) in [5.41, 5.74) is 5.52. The van der Waals surface area contributed by atoms with Gasteiger partial charge in [0.1, 0.15) is 5.69 Å². The number of rotatable bonds is 6. The third kappa shape index (κ3) is 4.53. The van der Waals surface area contributed by atoms with Crippen LogP contribution in [0.1, 0.15) is 52.3 Å². The predicted octanol–water partition coefficient (Wildman–Crippen LogP) is 6.72. The number of fused-ring (bicyclic) bond motifs is 1. The molecule has 0 saturated carbocycles. The minimum Gasteiger partial charge on any atom is -0.478 e. The van der Waals surface area contributed by atoms with Gasteiger partial charge in [-0.05, 0) is 62.2 Å². The van der Waals surface area contributed by atoms with Crippen LogP contribution in [-0.2, 0) is 0 Å². The highest BCUT2D eigenvalue weighted by Crippen LogP contribution is 2.33.